The zero-order valence-electron chi connectivity index (χ0n) is 7.91. The van der Waals surface area contributed by atoms with Crippen LogP contribution in [0.1, 0.15) is 6.42 Å². The molecule has 0 heterocycles. The van der Waals surface area contributed by atoms with Crippen molar-refractivity contribution in [3.05, 3.63) is 25.3 Å². The number of rotatable bonds is 3. The lowest BCUT2D eigenvalue weighted by Gasteiger charge is -1.88. The molecule has 0 rings (SSSR count). The molecular formula is C9H14O4. The number of methoxy groups -OCH3 is 2. The van der Waals surface area contributed by atoms with Crippen molar-refractivity contribution in [2.45, 2.75) is 6.42 Å². The van der Waals surface area contributed by atoms with Crippen molar-refractivity contribution in [1.82, 2.24) is 0 Å². The molecule has 0 saturated carbocycles. The fourth-order valence-electron chi connectivity index (χ4n) is 0.285. The van der Waals surface area contributed by atoms with Gasteiger partial charge in [0, 0.05) is 6.08 Å². The van der Waals surface area contributed by atoms with E-state index in [0.717, 1.165) is 6.08 Å². The van der Waals surface area contributed by atoms with E-state index in [9.17, 15) is 9.59 Å². The molecule has 4 nitrogen and oxygen atoms in total. The summed E-state index contributed by atoms with van der Waals surface area (Å²) in [5, 5.41) is 0. The van der Waals surface area contributed by atoms with Crippen LogP contribution in [0.25, 0.3) is 0 Å². The number of carbonyl (C=O) groups excluding carboxylic acids is 2. The molecule has 0 bridgehead atoms. The van der Waals surface area contributed by atoms with E-state index >= 15 is 0 Å². The summed E-state index contributed by atoms with van der Waals surface area (Å²) in [5.74, 6) is -0.634. The number of carbonyl (C=O) groups is 2. The summed E-state index contributed by atoms with van der Waals surface area (Å²) in [7, 11) is 2.66. The van der Waals surface area contributed by atoms with Crippen LogP contribution < -0.4 is 0 Å². The van der Waals surface area contributed by atoms with E-state index in [4.69, 9.17) is 0 Å². The second kappa shape index (κ2) is 10.4. The molecule has 0 aromatic heterocycles. The second-order valence-electron chi connectivity index (χ2n) is 1.80. The number of ether oxygens (including phenoxy) is 2. The minimum atomic E-state index is -0.394. The highest BCUT2D eigenvalue weighted by molar-refractivity contribution is 5.80. The van der Waals surface area contributed by atoms with E-state index in [0.29, 0.717) is 6.42 Å². The zero-order valence-corrected chi connectivity index (χ0v) is 7.91. The monoisotopic (exact) mass is 186 g/mol. The molecule has 0 atom stereocenters. The van der Waals surface area contributed by atoms with Crippen molar-refractivity contribution in [3.63, 3.8) is 0 Å². The van der Waals surface area contributed by atoms with E-state index < -0.39 is 5.97 Å². The van der Waals surface area contributed by atoms with Gasteiger partial charge < -0.3 is 9.47 Å². The first-order chi connectivity index (χ1) is 6.12. The molecule has 0 aromatic rings. The van der Waals surface area contributed by atoms with Gasteiger partial charge in [-0.05, 0) is 0 Å². The highest BCUT2D eigenvalue weighted by atomic mass is 16.5. The van der Waals surface area contributed by atoms with Crippen molar-refractivity contribution < 1.29 is 19.1 Å². The first kappa shape index (κ1) is 14.0. The highest BCUT2D eigenvalue weighted by Gasteiger charge is 1.90. The van der Waals surface area contributed by atoms with E-state index in [1.807, 2.05) is 0 Å². The fourth-order valence-corrected chi connectivity index (χ4v) is 0.285. The summed E-state index contributed by atoms with van der Waals surface area (Å²) in [6, 6.07) is 0. The van der Waals surface area contributed by atoms with Crippen LogP contribution in [-0.4, -0.2) is 26.2 Å². The van der Waals surface area contributed by atoms with Crippen LogP contribution in [0.3, 0.4) is 0 Å². The largest absolute Gasteiger partial charge is 0.469 e. The summed E-state index contributed by atoms with van der Waals surface area (Å²) in [6.45, 7) is 6.50. The summed E-state index contributed by atoms with van der Waals surface area (Å²) < 4.78 is 8.42. The SMILES string of the molecule is C=CC(=O)OC.C=CCC(=O)OC. The van der Waals surface area contributed by atoms with E-state index in [-0.39, 0.29) is 5.97 Å². The Bertz CT molecular complexity index is 184. The molecule has 0 aromatic carbocycles. The Morgan fingerprint density at radius 2 is 1.77 bits per heavy atom. The topological polar surface area (TPSA) is 52.6 Å². The smallest absolute Gasteiger partial charge is 0.329 e. The van der Waals surface area contributed by atoms with Crippen LogP contribution in [0.15, 0.2) is 25.3 Å². The van der Waals surface area contributed by atoms with Crippen molar-refractivity contribution in [2.75, 3.05) is 14.2 Å². The number of esters is 2. The van der Waals surface area contributed by atoms with Gasteiger partial charge in [0.05, 0.1) is 20.6 Å². The van der Waals surface area contributed by atoms with Crippen LogP contribution in [0.2, 0.25) is 0 Å². The van der Waals surface area contributed by atoms with E-state index in [1.165, 1.54) is 20.3 Å². The van der Waals surface area contributed by atoms with Gasteiger partial charge in [0.25, 0.3) is 0 Å². The molecule has 0 amide bonds. The third-order valence-corrected chi connectivity index (χ3v) is 0.907. The minimum Gasteiger partial charge on any atom is -0.469 e. The molecule has 4 heteroatoms. The molecule has 0 N–H and O–H groups in total. The Morgan fingerprint density at radius 3 is 1.85 bits per heavy atom. The van der Waals surface area contributed by atoms with E-state index in [2.05, 4.69) is 22.6 Å². The van der Waals surface area contributed by atoms with Gasteiger partial charge in [-0.3, -0.25) is 4.79 Å². The van der Waals surface area contributed by atoms with Gasteiger partial charge in [0.1, 0.15) is 0 Å². The van der Waals surface area contributed by atoms with Crippen LogP contribution in [0.5, 0.6) is 0 Å². The normalized spacial score (nSPS) is 7.23. The average molecular weight is 186 g/mol. The third-order valence-electron chi connectivity index (χ3n) is 0.907. The van der Waals surface area contributed by atoms with E-state index in [1.54, 1.807) is 0 Å². The van der Waals surface area contributed by atoms with Gasteiger partial charge in [0.2, 0.25) is 0 Å². The minimum absolute atomic E-state index is 0.241. The summed E-state index contributed by atoms with van der Waals surface area (Å²) >= 11 is 0. The van der Waals surface area contributed by atoms with Gasteiger partial charge in [-0.2, -0.15) is 0 Å². The van der Waals surface area contributed by atoms with Crippen molar-refractivity contribution >= 4 is 11.9 Å². The molecule has 13 heavy (non-hydrogen) atoms. The molecule has 74 valence electrons. The fraction of sp³-hybridized carbons (Fsp3) is 0.333. The molecule has 0 fully saturated rings. The lowest BCUT2D eigenvalue weighted by atomic mass is 10.4. The van der Waals surface area contributed by atoms with Crippen molar-refractivity contribution in [1.29, 1.82) is 0 Å². The Morgan fingerprint density at radius 1 is 1.23 bits per heavy atom. The highest BCUT2D eigenvalue weighted by Crippen LogP contribution is 1.80. The average Bonchev–Trinajstić information content (AvgIpc) is 2.18. The molecule has 0 radical (unpaired) electrons. The van der Waals surface area contributed by atoms with Crippen molar-refractivity contribution in [2.24, 2.45) is 0 Å². The number of hydrogen-bond acceptors (Lipinski definition) is 4. The Kier molecular flexibility index (Phi) is 11.2. The van der Waals surface area contributed by atoms with Gasteiger partial charge in [-0.25, -0.2) is 4.79 Å². The van der Waals surface area contributed by atoms with Gasteiger partial charge >= 0.3 is 11.9 Å². The molecular weight excluding hydrogens is 172 g/mol. The molecule has 0 aliphatic rings. The van der Waals surface area contributed by atoms with Gasteiger partial charge in [-0.15, -0.1) is 6.58 Å². The maximum absolute atomic E-state index is 10.1. The standard InChI is InChI=1S/C5H8O2.C4H6O2/c1-3-4-5(6)7-2;1-3-4(5)6-2/h3H,1,4H2,2H3;3H,1H2,2H3. The molecule has 0 saturated heterocycles. The van der Waals surface area contributed by atoms with Gasteiger partial charge in [-0.1, -0.05) is 12.7 Å². The summed E-state index contributed by atoms with van der Waals surface area (Å²) in [6.07, 6.45) is 2.92. The van der Waals surface area contributed by atoms with Crippen LogP contribution >= 0.6 is 0 Å². The Hall–Kier alpha value is -1.58. The molecule has 0 aliphatic carbocycles. The Balaban J connectivity index is 0. The predicted octanol–water partition coefficient (Wildman–Crippen LogP) is 1.08. The third kappa shape index (κ3) is 13.4. The summed E-state index contributed by atoms with van der Waals surface area (Å²) in [4.78, 5) is 20.0. The maximum atomic E-state index is 10.1. The quantitative estimate of drug-likeness (QED) is 0.376. The molecule has 0 aliphatic heterocycles. The molecule has 0 spiro atoms. The van der Waals surface area contributed by atoms with Crippen LogP contribution in [0, 0.1) is 0 Å². The van der Waals surface area contributed by atoms with Crippen LogP contribution in [-0.2, 0) is 19.1 Å². The first-order valence-electron chi connectivity index (χ1n) is 3.50. The zero-order chi connectivity index (χ0) is 10.7. The van der Waals surface area contributed by atoms with Gasteiger partial charge in [0.15, 0.2) is 0 Å². The first-order valence-corrected chi connectivity index (χ1v) is 3.50. The lowest BCUT2D eigenvalue weighted by molar-refractivity contribution is -0.139. The lowest BCUT2D eigenvalue weighted by Crippen LogP contribution is -1.95. The maximum Gasteiger partial charge on any atom is 0.329 e. The van der Waals surface area contributed by atoms with Crippen molar-refractivity contribution in [3.8, 4) is 0 Å². The predicted molar refractivity (Wildman–Crippen MR) is 49.0 cm³/mol. The Labute approximate surface area is 77.8 Å². The van der Waals surface area contributed by atoms with Crippen LogP contribution in [0.4, 0.5) is 0 Å². The molecule has 0 unspecified atom stereocenters. The number of hydrogen-bond donors (Lipinski definition) is 0. The second-order valence-corrected chi connectivity index (χ2v) is 1.80. The summed E-state index contributed by atoms with van der Waals surface area (Å²) in [5.41, 5.74) is 0.